The summed E-state index contributed by atoms with van der Waals surface area (Å²) in [5.41, 5.74) is 1.27. The van der Waals surface area contributed by atoms with Crippen LogP contribution in [0.5, 0.6) is 0 Å². The van der Waals surface area contributed by atoms with Crippen molar-refractivity contribution in [3.8, 4) is 0 Å². The third-order valence-electron chi connectivity index (χ3n) is 7.13. The van der Waals surface area contributed by atoms with E-state index in [-0.39, 0.29) is 17.9 Å². The fourth-order valence-corrected chi connectivity index (χ4v) is 5.16. The van der Waals surface area contributed by atoms with Crippen LogP contribution in [0.25, 0.3) is 0 Å². The van der Waals surface area contributed by atoms with Crippen molar-refractivity contribution in [1.29, 1.82) is 0 Å². The van der Waals surface area contributed by atoms with Gasteiger partial charge >= 0.3 is 0 Å². The van der Waals surface area contributed by atoms with Crippen molar-refractivity contribution in [2.24, 2.45) is 11.8 Å². The fraction of sp³-hybridized carbons (Fsp3) is 0.667. The van der Waals surface area contributed by atoms with Gasteiger partial charge in [-0.15, -0.1) is 0 Å². The van der Waals surface area contributed by atoms with Gasteiger partial charge in [-0.25, -0.2) is 0 Å². The molecule has 0 spiro atoms. The molecule has 29 heavy (non-hydrogen) atoms. The van der Waals surface area contributed by atoms with E-state index in [1.54, 1.807) is 0 Å². The summed E-state index contributed by atoms with van der Waals surface area (Å²) in [4.78, 5) is 32.5. The monoisotopic (exact) mass is 397 g/mol. The van der Waals surface area contributed by atoms with Crippen LogP contribution in [-0.4, -0.2) is 65.3 Å². The number of hydrogen-bond acceptors (Lipinski definition) is 3. The fourth-order valence-electron chi connectivity index (χ4n) is 5.16. The van der Waals surface area contributed by atoms with Crippen molar-refractivity contribution in [3.05, 3.63) is 35.9 Å². The van der Waals surface area contributed by atoms with Crippen molar-refractivity contribution < 1.29 is 9.59 Å². The van der Waals surface area contributed by atoms with Crippen molar-refractivity contribution >= 4 is 11.8 Å². The number of nitrogens with zero attached hydrogens (tertiary/aromatic N) is 3. The van der Waals surface area contributed by atoms with Gasteiger partial charge in [0.25, 0.3) is 0 Å². The van der Waals surface area contributed by atoms with Crippen molar-refractivity contribution in [3.63, 3.8) is 0 Å². The summed E-state index contributed by atoms with van der Waals surface area (Å²) in [5.74, 6) is 1.45. The molecule has 1 unspecified atom stereocenters. The molecule has 0 aliphatic carbocycles. The van der Waals surface area contributed by atoms with E-state index < -0.39 is 0 Å². The Bertz CT molecular complexity index is 691. The predicted octanol–water partition coefficient (Wildman–Crippen LogP) is 3.15. The molecule has 3 aliphatic heterocycles. The highest BCUT2D eigenvalue weighted by Crippen LogP contribution is 2.27. The maximum absolute atomic E-state index is 13.2. The number of piperidine rings is 2. The summed E-state index contributed by atoms with van der Waals surface area (Å²) >= 11 is 0. The van der Waals surface area contributed by atoms with Crippen LogP contribution in [0.3, 0.4) is 0 Å². The molecular weight excluding hydrogens is 362 g/mol. The van der Waals surface area contributed by atoms with Crippen molar-refractivity contribution in [1.82, 2.24) is 14.7 Å². The number of carbonyl (C=O) groups is 2. The molecule has 0 saturated carbocycles. The summed E-state index contributed by atoms with van der Waals surface area (Å²) in [7, 11) is 0. The van der Waals surface area contributed by atoms with Gasteiger partial charge in [0.2, 0.25) is 11.8 Å². The molecule has 1 aromatic rings. The normalized spacial score (nSPS) is 24.8. The first kappa shape index (κ1) is 20.4. The van der Waals surface area contributed by atoms with Gasteiger partial charge in [0.05, 0.1) is 6.04 Å². The molecule has 158 valence electrons. The first-order chi connectivity index (χ1) is 14.1. The van der Waals surface area contributed by atoms with E-state index >= 15 is 0 Å². The zero-order chi connectivity index (χ0) is 20.2. The smallest absolute Gasteiger partial charge is 0.239 e. The molecule has 3 heterocycles. The lowest BCUT2D eigenvalue weighted by molar-refractivity contribution is -0.143. The van der Waals surface area contributed by atoms with Crippen LogP contribution in [0, 0.1) is 11.8 Å². The van der Waals surface area contributed by atoms with E-state index in [0.717, 1.165) is 83.7 Å². The first-order valence-corrected chi connectivity index (χ1v) is 11.5. The van der Waals surface area contributed by atoms with E-state index in [1.807, 2.05) is 11.0 Å². The summed E-state index contributed by atoms with van der Waals surface area (Å²) in [6, 6.07) is 10.4. The lowest BCUT2D eigenvalue weighted by Crippen LogP contribution is -2.50. The highest BCUT2D eigenvalue weighted by molar-refractivity contribution is 5.83. The number of benzene rings is 1. The molecule has 5 nitrogen and oxygen atoms in total. The third-order valence-corrected chi connectivity index (χ3v) is 7.13. The zero-order valence-electron chi connectivity index (χ0n) is 17.8. The largest absolute Gasteiger partial charge is 0.342 e. The van der Waals surface area contributed by atoms with Crippen molar-refractivity contribution in [2.75, 3.05) is 32.7 Å². The van der Waals surface area contributed by atoms with Crippen LogP contribution in [0.2, 0.25) is 0 Å². The molecule has 3 saturated heterocycles. The highest BCUT2D eigenvalue weighted by atomic mass is 16.2. The van der Waals surface area contributed by atoms with Crippen LogP contribution in [-0.2, 0) is 16.1 Å². The highest BCUT2D eigenvalue weighted by Gasteiger charge is 2.37. The topological polar surface area (TPSA) is 43.9 Å². The van der Waals surface area contributed by atoms with Gasteiger partial charge in [-0.3, -0.25) is 14.5 Å². The average Bonchev–Trinajstić information content (AvgIpc) is 3.22. The average molecular weight is 398 g/mol. The molecule has 3 aliphatic rings. The molecule has 5 heteroatoms. The quantitative estimate of drug-likeness (QED) is 0.784. The second kappa shape index (κ2) is 9.29. The molecule has 2 amide bonds. The van der Waals surface area contributed by atoms with Crippen LogP contribution < -0.4 is 0 Å². The number of likely N-dealkylation sites (tertiary alicyclic amines) is 3. The zero-order valence-corrected chi connectivity index (χ0v) is 17.8. The summed E-state index contributed by atoms with van der Waals surface area (Å²) in [6.07, 6.45) is 5.94. The lowest BCUT2D eigenvalue weighted by atomic mass is 9.92. The van der Waals surface area contributed by atoms with Gasteiger partial charge in [0.1, 0.15) is 0 Å². The Morgan fingerprint density at radius 3 is 2.14 bits per heavy atom. The van der Waals surface area contributed by atoms with Crippen LogP contribution >= 0.6 is 0 Å². The summed E-state index contributed by atoms with van der Waals surface area (Å²) < 4.78 is 0. The van der Waals surface area contributed by atoms with Crippen LogP contribution in [0.4, 0.5) is 0 Å². The number of rotatable bonds is 4. The van der Waals surface area contributed by atoms with Gasteiger partial charge < -0.3 is 9.80 Å². The SMILES string of the molecule is CC1CCN(C(=O)C2CCN(C(=O)C3CCCN3Cc3ccccc3)CC2)CC1. The minimum Gasteiger partial charge on any atom is -0.342 e. The van der Waals surface area contributed by atoms with Gasteiger partial charge in [0.15, 0.2) is 0 Å². The Morgan fingerprint density at radius 2 is 1.45 bits per heavy atom. The van der Waals surface area contributed by atoms with E-state index in [1.165, 1.54) is 5.56 Å². The Balaban J connectivity index is 1.29. The van der Waals surface area contributed by atoms with Crippen molar-refractivity contribution in [2.45, 2.75) is 58.0 Å². The molecule has 4 rings (SSSR count). The minimum atomic E-state index is 0.00559. The molecule has 0 aromatic heterocycles. The lowest BCUT2D eigenvalue weighted by Gasteiger charge is -2.38. The Hall–Kier alpha value is -1.88. The van der Waals surface area contributed by atoms with Gasteiger partial charge in [-0.1, -0.05) is 37.3 Å². The van der Waals surface area contributed by atoms with Gasteiger partial charge in [-0.05, 0) is 56.6 Å². The Morgan fingerprint density at radius 1 is 0.828 bits per heavy atom. The third kappa shape index (κ3) is 4.82. The predicted molar refractivity (Wildman–Crippen MR) is 114 cm³/mol. The summed E-state index contributed by atoms with van der Waals surface area (Å²) in [5, 5.41) is 0. The molecule has 0 bridgehead atoms. The van der Waals surface area contributed by atoms with E-state index in [2.05, 4.69) is 41.0 Å². The van der Waals surface area contributed by atoms with E-state index in [0.29, 0.717) is 5.91 Å². The minimum absolute atomic E-state index is 0.00559. The second-order valence-electron chi connectivity index (χ2n) is 9.22. The first-order valence-electron chi connectivity index (χ1n) is 11.5. The molecule has 0 radical (unpaired) electrons. The van der Waals surface area contributed by atoms with Gasteiger partial charge in [-0.2, -0.15) is 0 Å². The standard InChI is InChI=1S/C24H35N3O2/c1-19-9-14-25(15-10-19)23(28)21-11-16-26(17-12-21)24(29)22-8-5-13-27(22)18-20-6-3-2-4-7-20/h2-4,6-7,19,21-22H,5,8-18H2,1H3. The van der Waals surface area contributed by atoms with Crippen LogP contribution in [0.15, 0.2) is 30.3 Å². The maximum Gasteiger partial charge on any atom is 0.239 e. The molecule has 1 aromatic carbocycles. The van der Waals surface area contributed by atoms with Crippen LogP contribution in [0.1, 0.15) is 51.0 Å². The number of amides is 2. The Kier molecular flexibility index (Phi) is 6.53. The van der Waals surface area contributed by atoms with E-state index in [9.17, 15) is 9.59 Å². The van der Waals surface area contributed by atoms with E-state index in [4.69, 9.17) is 0 Å². The number of carbonyl (C=O) groups excluding carboxylic acids is 2. The summed E-state index contributed by atoms with van der Waals surface area (Å²) in [6.45, 7) is 7.40. The Labute approximate surface area is 175 Å². The second-order valence-corrected chi connectivity index (χ2v) is 9.22. The molecular formula is C24H35N3O2. The molecule has 0 N–H and O–H groups in total. The maximum atomic E-state index is 13.2. The van der Waals surface area contributed by atoms with Gasteiger partial charge in [0, 0.05) is 38.6 Å². The molecule has 3 fully saturated rings. The molecule has 1 atom stereocenters. The number of hydrogen-bond donors (Lipinski definition) is 0.